The van der Waals surface area contributed by atoms with E-state index >= 15 is 0 Å². The highest BCUT2D eigenvalue weighted by Gasteiger charge is 2.04. The van der Waals surface area contributed by atoms with E-state index in [2.05, 4.69) is 0 Å². The van der Waals surface area contributed by atoms with Gasteiger partial charge in [0.1, 0.15) is 11.5 Å². The minimum Gasteiger partial charge on any atom is -0.497 e. The van der Waals surface area contributed by atoms with Crippen LogP contribution in [0.1, 0.15) is 13.8 Å². The molecule has 0 aromatic heterocycles. The minimum atomic E-state index is 0.135. The Labute approximate surface area is 124 Å². The highest BCUT2D eigenvalue weighted by atomic mass is 32.2. The van der Waals surface area contributed by atoms with Gasteiger partial charge in [-0.2, -0.15) is 0 Å². The molecule has 0 radical (unpaired) electrons. The van der Waals surface area contributed by atoms with Crippen molar-refractivity contribution in [3.8, 4) is 11.5 Å². The molecule has 0 aliphatic heterocycles. The smallest absolute Gasteiger partial charge is 0.122 e. The van der Waals surface area contributed by atoms with E-state index in [9.17, 15) is 0 Å². The Morgan fingerprint density at radius 3 is 2.25 bits per heavy atom. The topological polar surface area (TPSA) is 44.5 Å². The fourth-order valence-electron chi connectivity index (χ4n) is 1.77. The van der Waals surface area contributed by atoms with Crippen molar-refractivity contribution in [2.75, 3.05) is 12.8 Å². The van der Waals surface area contributed by atoms with Gasteiger partial charge in [-0.3, -0.25) is 0 Å². The van der Waals surface area contributed by atoms with E-state index in [1.807, 2.05) is 56.3 Å². The summed E-state index contributed by atoms with van der Waals surface area (Å²) in [7, 11) is 1.66. The van der Waals surface area contributed by atoms with Crippen LogP contribution >= 0.6 is 11.8 Å². The Morgan fingerprint density at radius 2 is 1.65 bits per heavy atom. The molecule has 0 fully saturated rings. The summed E-state index contributed by atoms with van der Waals surface area (Å²) in [5.74, 6) is 1.65. The number of benzene rings is 2. The van der Waals surface area contributed by atoms with Crippen LogP contribution in [0.3, 0.4) is 0 Å². The quantitative estimate of drug-likeness (QED) is 0.837. The summed E-state index contributed by atoms with van der Waals surface area (Å²) >= 11 is 1.65. The van der Waals surface area contributed by atoms with Crippen molar-refractivity contribution in [1.82, 2.24) is 0 Å². The lowest BCUT2D eigenvalue weighted by Gasteiger charge is -2.12. The van der Waals surface area contributed by atoms with Crippen LogP contribution in [-0.2, 0) is 0 Å². The predicted octanol–water partition coefficient (Wildman–Crippen LogP) is 4.22. The number of rotatable bonds is 5. The molecule has 2 aromatic carbocycles. The normalized spacial score (nSPS) is 10.6. The molecule has 4 heteroatoms. The summed E-state index contributed by atoms with van der Waals surface area (Å²) in [6.45, 7) is 4.00. The van der Waals surface area contributed by atoms with Gasteiger partial charge >= 0.3 is 0 Å². The van der Waals surface area contributed by atoms with Crippen LogP contribution in [-0.4, -0.2) is 13.2 Å². The van der Waals surface area contributed by atoms with Crippen molar-refractivity contribution in [1.29, 1.82) is 0 Å². The van der Waals surface area contributed by atoms with E-state index in [0.717, 1.165) is 21.3 Å². The fourth-order valence-corrected chi connectivity index (χ4v) is 2.69. The summed E-state index contributed by atoms with van der Waals surface area (Å²) in [5.41, 5.74) is 6.63. The highest BCUT2D eigenvalue weighted by Crippen LogP contribution is 2.33. The second kappa shape index (κ2) is 6.57. The number of nitrogens with two attached hydrogens (primary N) is 1. The number of hydrogen-bond acceptors (Lipinski definition) is 4. The molecule has 2 aromatic rings. The Balaban J connectivity index is 2.17. The maximum Gasteiger partial charge on any atom is 0.122 e. The Morgan fingerprint density at radius 1 is 0.950 bits per heavy atom. The van der Waals surface area contributed by atoms with Crippen molar-refractivity contribution < 1.29 is 9.47 Å². The van der Waals surface area contributed by atoms with Crippen LogP contribution in [0.15, 0.2) is 52.3 Å². The van der Waals surface area contributed by atoms with Crippen LogP contribution < -0.4 is 15.2 Å². The molecular formula is C16H19NO2S. The second-order valence-electron chi connectivity index (χ2n) is 4.68. The molecule has 0 aliphatic carbocycles. The molecule has 0 saturated heterocycles. The van der Waals surface area contributed by atoms with Gasteiger partial charge in [-0.25, -0.2) is 0 Å². The molecule has 0 amide bonds. The van der Waals surface area contributed by atoms with E-state index in [-0.39, 0.29) is 6.10 Å². The number of nitrogen functional groups attached to an aromatic ring is 1. The molecule has 0 spiro atoms. The van der Waals surface area contributed by atoms with Crippen molar-refractivity contribution in [3.63, 3.8) is 0 Å². The average molecular weight is 289 g/mol. The summed E-state index contributed by atoms with van der Waals surface area (Å²) in [5, 5.41) is 0. The molecule has 106 valence electrons. The highest BCUT2D eigenvalue weighted by molar-refractivity contribution is 7.99. The standard InChI is InChI=1S/C16H19NO2S/c1-11(2)19-14-8-12(17)9-16(10-14)20-15-6-4-13(18-3)5-7-15/h4-11H,17H2,1-3H3. The van der Waals surface area contributed by atoms with Gasteiger partial charge in [0, 0.05) is 21.5 Å². The zero-order chi connectivity index (χ0) is 14.5. The molecule has 0 heterocycles. The van der Waals surface area contributed by atoms with Gasteiger partial charge in [0.25, 0.3) is 0 Å². The molecule has 0 bridgehead atoms. The predicted molar refractivity (Wildman–Crippen MR) is 83.7 cm³/mol. The van der Waals surface area contributed by atoms with Gasteiger partial charge < -0.3 is 15.2 Å². The first-order valence-electron chi connectivity index (χ1n) is 6.46. The van der Waals surface area contributed by atoms with Crippen molar-refractivity contribution in [3.05, 3.63) is 42.5 Å². The monoisotopic (exact) mass is 289 g/mol. The lowest BCUT2D eigenvalue weighted by molar-refractivity contribution is 0.242. The van der Waals surface area contributed by atoms with E-state index in [4.69, 9.17) is 15.2 Å². The zero-order valence-electron chi connectivity index (χ0n) is 11.9. The SMILES string of the molecule is COc1ccc(Sc2cc(N)cc(OC(C)C)c2)cc1. The molecule has 0 unspecified atom stereocenters. The van der Waals surface area contributed by atoms with Gasteiger partial charge in [-0.1, -0.05) is 11.8 Å². The third kappa shape index (κ3) is 4.10. The fraction of sp³-hybridized carbons (Fsp3) is 0.250. The van der Waals surface area contributed by atoms with Gasteiger partial charge in [0.2, 0.25) is 0 Å². The average Bonchev–Trinajstić information content (AvgIpc) is 2.38. The molecule has 3 nitrogen and oxygen atoms in total. The van der Waals surface area contributed by atoms with Gasteiger partial charge in [0.05, 0.1) is 13.2 Å². The first kappa shape index (κ1) is 14.6. The Hall–Kier alpha value is -1.81. The Bertz CT molecular complexity index is 567. The first-order chi connectivity index (χ1) is 9.56. The van der Waals surface area contributed by atoms with E-state index < -0.39 is 0 Å². The van der Waals surface area contributed by atoms with Crippen LogP contribution in [0, 0.1) is 0 Å². The van der Waals surface area contributed by atoms with E-state index in [1.54, 1.807) is 18.9 Å². The molecular weight excluding hydrogens is 270 g/mol. The summed E-state index contributed by atoms with van der Waals surface area (Å²) < 4.78 is 10.8. The summed E-state index contributed by atoms with van der Waals surface area (Å²) in [4.78, 5) is 2.19. The summed E-state index contributed by atoms with van der Waals surface area (Å²) in [6, 6.07) is 13.7. The lowest BCUT2D eigenvalue weighted by atomic mass is 10.3. The van der Waals surface area contributed by atoms with Crippen LogP contribution in [0.5, 0.6) is 11.5 Å². The number of hydrogen-bond donors (Lipinski definition) is 1. The van der Waals surface area contributed by atoms with E-state index in [0.29, 0.717) is 5.69 Å². The van der Waals surface area contributed by atoms with Crippen molar-refractivity contribution in [2.45, 2.75) is 29.7 Å². The third-order valence-electron chi connectivity index (χ3n) is 2.57. The lowest BCUT2D eigenvalue weighted by Crippen LogP contribution is -2.05. The number of anilines is 1. The van der Waals surface area contributed by atoms with Crippen LogP contribution in [0.2, 0.25) is 0 Å². The third-order valence-corrected chi connectivity index (χ3v) is 3.55. The zero-order valence-corrected chi connectivity index (χ0v) is 12.7. The largest absolute Gasteiger partial charge is 0.497 e. The van der Waals surface area contributed by atoms with Gasteiger partial charge in [-0.05, 0) is 50.2 Å². The van der Waals surface area contributed by atoms with E-state index in [1.165, 1.54) is 0 Å². The maximum atomic E-state index is 5.92. The molecule has 20 heavy (non-hydrogen) atoms. The molecule has 2 rings (SSSR count). The maximum absolute atomic E-state index is 5.92. The first-order valence-corrected chi connectivity index (χ1v) is 7.27. The summed E-state index contributed by atoms with van der Waals surface area (Å²) in [6.07, 6.45) is 0.135. The molecule has 0 atom stereocenters. The van der Waals surface area contributed by atoms with Crippen molar-refractivity contribution >= 4 is 17.4 Å². The van der Waals surface area contributed by atoms with Crippen molar-refractivity contribution in [2.24, 2.45) is 0 Å². The molecule has 2 N–H and O–H groups in total. The number of ether oxygens (including phenoxy) is 2. The van der Waals surface area contributed by atoms with Crippen LogP contribution in [0.25, 0.3) is 0 Å². The van der Waals surface area contributed by atoms with Gasteiger partial charge in [0.15, 0.2) is 0 Å². The van der Waals surface area contributed by atoms with Gasteiger partial charge in [-0.15, -0.1) is 0 Å². The Kier molecular flexibility index (Phi) is 4.79. The second-order valence-corrected chi connectivity index (χ2v) is 5.83. The molecule has 0 aliphatic rings. The minimum absolute atomic E-state index is 0.135. The molecule has 0 saturated carbocycles. The van der Waals surface area contributed by atoms with Crippen LogP contribution in [0.4, 0.5) is 5.69 Å². The number of methoxy groups -OCH3 is 1.